The van der Waals surface area contributed by atoms with Crippen LogP contribution in [0.1, 0.15) is 62.0 Å². The average molecular weight is 531 g/mol. The molecule has 2 aromatic rings. The number of rotatable bonds is 7. The van der Waals surface area contributed by atoms with Gasteiger partial charge >= 0.3 is 5.97 Å². The van der Waals surface area contributed by atoms with E-state index in [4.69, 9.17) is 9.47 Å². The van der Waals surface area contributed by atoms with Gasteiger partial charge in [-0.05, 0) is 61.3 Å². The van der Waals surface area contributed by atoms with E-state index in [1.54, 1.807) is 12.0 Å². The second-order valence-corrected chi connectivity index (χ2v) is 10.9. The third-order valence-corrected chi connectivity index (χ3v) is 8.82. The monoisotopic (exact) mass is 530 g/mol. The molecule has 7 heteroatoms. The molecule has 0 bridgehead atoms. The molecule has 2 atom stereocenters. The summed E-state index contributed by atoms with van der Waals surface area (Å²) >= 11 is 0. The van der Waals surface area contributed by atoms with E-state index in [-0.39, 0.29) is 18.2 Å². The van der Waals surface area contributed by atoms with Crippen molar-refractivity contribution < 1.29 is 23.9 Å². The van der Waals surface area contributed by atoms with Crippen molar-refractivity contribution >= 4 is 17.8 Å². The molecule has 39 heavy (non-hydrogen) atoms. The minimum Gasteiger partial charge on any atom is -0.497 e. The zero-order valence-electron chi connectivity index (χ0n) is 22.9. The van der Waals surface area contributed by atoms with E-state index in [0.29, 0.717) is 37.7 Å². The van der Waals surface area contributed by atoms with Gasteiger partial charge in [0.2, 0.25) is 11.8 Å². The van der Waals surface area contributed by atoms with Crippen molar-refractivity contribution in [2.45, 2.75) is 57.4 Å². The van der Waals surface area contributed by atoms with E-state index in [0.717, 1.165) is 43.4 Å². The molecule has 2 heterocycles. The van der Waals surface area contributed by atoms with Crippen LogP contribution in [0.2, 0.25) is 0 Å². The minimum absolute atomic E-state index is 0.0143. The van der Waals surface area contributed by atoms with Crippen LogP contribution >= 0.6 is 0 Å². The highest BCUT2D eigenvalue weighted by Crippen LogP contribution is 2.53. The molecule has 206 valence electrons. The second-order valence-electron chi connectivity index (χ2n) is 10.9. The zero-order chi connectivity index (χ0) is 27.4. The van der Waals surface area contributed by atoms with Crippen molar-refractivity contribution in [1.29, 1.82) is 0 Å². The van der Waals surface area contributed by atoms with Gasteiger partial charge in [0, 0.05) is 25.2 Å². The largest absolute Gasteiger partial charge is 0.497 e. The first-order valence-corrected chi connectivity index (χ1v) is 14.0. The minimum atomic E-state index is -1.13. The summed E-state index contributed by atoms with van der Waals surface area (Å²) in [5, 5.41) is 0. The summed E-state index contributed by atoms with van der Waals surface area (Å²) in [7, 11) is 3.00. The molecule has 2 fully saturated rings. The first-order chi connectivity index (χ1) is 19.0. The SMILES string of the molecule is COC(=O)[C@]12CCCCC=C1N(Cc1ccc(OC)cc1)C(=O)[C@@H]2CC(=O)N1CCC(c2ccccc2)CC1. The van der Waals surface area contributed by atoms with Gasteiger partial charge in [-0.25, -0.2) is 0 Å². The van der Waals surface area contributed by atoms with Crippen molar-refractivity contribution in [2.24, 2.45) is 11.3 Å². The molecule has 5 rings (SSSR count). The Morgan fingerprint density at radius 1 is 0.974 bits per heavy atom. The molecule has 0 spiro atoms. The first kappa shape index (κ1) is 27.0. The fourth-order valence-corrected chi connectivity index (χ4v) is 6.68. The van der Waals surface area contributed by atoms with Gasteiger partial charge in [-0.1, -0.05) is 55.0 Å². The number of carbonyl (C=O) groups excluding carboxylic acids is 3. The molecule has 3 aliphatic rings. The number of allylic oxidation sites excluding steroid dienone is 1. The lowest BCUT2D eigenvalue weighted by Gasteiger charge is -2.35. The van der Waals surface area contributed by atoms with Crippen molar-refractivity contribution in [3.63, 3.8) is 0 Å². The predicted molar refractivity (Wildman–Crippen MR) is 148 cm³/mol. The average Bonchev–Trinajstić information content (AvgIpc) is 3.11. The van der Waals surface area contributed by atoms with Crippen LogP contribution in [-0.4, -0.2) is 54.9 Å². The number of ether oxygens (including phenoxy) is 2. The number of methoxy groups -OCH3 is 2. The van der Waals surface area contributed by atoms with Crippen LogP contribution in [0.15, 0.2) is 66.4 Å². The van der Waals surface area contributed by atoms with Crippen LogP contribution < -0.4 is 4.74 Å². The smallest absolute Gasteiger partial charge is 0.318 e. The number of hydrogen-bond acceptors (Lipinski definition) is 5. The molecule has 0 unspecified atom stereocenters. The van der Waals surface area contributed by atoms with E-state index in [1.165, 1.54) is 12.7 Å². The molecular weight excluding hydrogens is 492 g/mol. The number of carbonyl (C=O) groups is 3. The normalized spacial score (nSPS) is 23.6. The summed E-state index contributed by atoms with van der Waals surface area (Å²) in [6.45, 7) is 1.64. The Morgan fingerprint density at radius 3 is 2.36 bits per heavy atom. The summed E-state index contributed by atoms with van der Waals surface area (Å²) in [5.74, 6) is -0.242. The van der Waals surface area contributed by atoms with Gasteiger partial charge in [0.05, 0.1) is 26.7 Å². The van der Waals surface area contributed by atoms with Gasteiger partial charge in [0.25, 0.3) is 0 Å². The number of piperidine rings is 1. The molecule has 2 aliphatic heterocycles. The summed E-state index contributed by atoms with van der Waals surface area (Å²) in [4.78, 5) is 44.9. The number of amides is 2. The standard InChI is InChI=1S/C32H38N2O5/c1-38-26-14-12-23(13-15-26)22-34-28-11-7-4-8-18-32(28,31(37)39-2)27(30(34)36)21-29(35)33-19-16-25(17-20-33)24-9-5-3-6-10-24/h3,5-6,9-15,25,27H,4,7-8,16-22H2,1-2H3/t27-,32-/m0/s1. The van der Waals surface area contributed by atoms with E-state index < -0.39 is 17.3 Å². The van der Waals surface area contributed by atoms with Crippen LogP contribution in [0.3, 0.4) is 0 Å². The number of likely N-dealkylation sites (tertiary alicyclic amines) is 2. The quantitative estimate of drug-likeness (QED) is 0.468. The van der Waals surface area contributed by atoms with Gasteiger partial charge in [-0.15, -0.1) is 0 Å². The van der Waals surface area contributed by atoms with E-state index >= 15 is 0 Å². The van der Waals surface area contributed by atoms with E-state index in [2.05, 4.69) is 24.3 Å². The number of fused-ring (bicyclic) bond motifs is 1. The molecular formula is C32H38N2O5. The fraction of sp³-hybridized carbons (Fsp3) is 0.469. The third kappa shape index (κ3) is 5.19. The number of nitrogens with zero attached hydrogens (tertiary/aromatic N) is 2. The molecule has 0 aromatic heterocycles. The highest BCUT2D eigenvalue weighted by atomic mass is 16.5. The molecule has 2 saturated heterocycles. The van der Waals surface area contributed by atoms with Crippen LogP contribution in [0, 0.1) is 11.3 Å². The number of benzene rings is 2. The third-order valence-electron chi connectivity index (χ3n) is 8.82. The van der Waals surface area contributed by atoms with Crippen molar-refractivity contribution in [3.8, 4) is 5.75 Å². The maximum Gasteiger partial charge on any atom is 0.318 e. The number of esters is 1. The lowest BCUT2D eigenvalue weighted by atomic mass is 9.71. The Labute approximate surface area is 230 Å². The first-order valence-electron chi connectivity index (χ1n) is 14.0. The molecule has 2 aromatic carbocycles. The zero-order valence-corrected chi connectivity index (χ0v) is 22.9. The van der Waals surface area contributed by atoms with Crippen LogP contribution in [0.4, 0.5) is 0 Å². The summed E-state index contributed by atoms with van der Waals surface area (Å²) in [5.41, 5.74) is 1.81. The Morgan fingerprint density at radius 2 is 1.69 bits per heavy atom. The van der Waals surface area contributed by atoms with Crippen LogP contribution in [0.5, 0.6) is 5.75 Å². The molecule has 0 saturated carbocycles. The van der Waals surface area contributed by atoms with Gasteiger partial charge < -0.3 is 19.3 Å². The van der Waals surface area contributed by atoms with Crippen LogP contribution in [-0.2, 0) is 25.7 Å². The van der Waals surface area contributed by atoms with Gasteiger partial charge in [-0.2, -0.15) is 0 Å². The Balaban J connectivity index is 1.38. The highest BCUT2D eigenvalue weighted by molar-refractivity contribution is 5.98. The van der Waals surface area contributed by atoms with Crippen molar-refractivity contribution in [3.05, 3.63) is 77.5 Å². The van der Waals surface area contributed by atoms with Crippen molar-refractivity contribution in [1.82, 2.24) is 9.80 Å². The lowest BCUT2D eigenvalue weighted by molar-refractivity contribution is -0.156. The maximum atomic E-state index is 14.1. The van der Waals surface area contributed by atoms with Crippen LogP contribution in [0.25, 0.3) is 0 Å². The Kier molecular flexibility index (Phi) is 8.05. The maximum absolute atomic E-state index is 14.1. The Bertz CT molecular complexity index is 1220. The number of hydrogen-bond donors (Lipinski definition) is 0. The molecule has 1 aliphatic carbocycles. The van der Waals surface area contributed by atoms with E-state index in [1.807, 2.05) is 41.3 Å². The lowest BCUT2D eigenvalue weighted by Crippen LogP contribution is -2.44. The summed E-state index contributed by atoms with van der Waals surface area (Å²) in [6.07, 6.45) is 6.85. The predicted octanol–water partition coefficient (Wildman–Crippen LogP) is 5.07. The molecule has 0 N–H and O–H groups in total. The molecule has 2 amide bonds. The highest BCUT2D eigenvalue weighted by Gasteiger charge is 2.61. The topological polar surface area (TPSA) is 76.1 Å². The second kappa shape index (κ2) is 11.6. The molecule has 0 radical (unpaired) electrons. The summed E-state index contributed by atoms with van der Waals surface area (Å²) < 4.78 is 10.6. The van der Waals surface area contributed by atoms with Crippen molar-refractivity contribution in [2.75, 3.05) is 27.3 Å². The van der Waals surface area contributed by atoms with Gasteiger partial charge in [0.1, 0.15) is 11.2 Å². The Hall–Kier alpha value is -3.61. The molecule has 7 nitrogen and oxygen atoms in total. The summed E-state index contributed by atoms with van der Waals surface area (Å²) in [6, 6.07) is 18.0. The van der Waals surface area contributed by atoms with E-state index in [9.17, 15) is 14.4 Å². The fourth-order valence-electron chi connectivity index (χ4n) is 6.68. The van der Waals surface area contributed by atoms with Gasteiger partial charge in [-0.3, -0.25) is 14.4 Å². The van der Waals surface area contributed by atoms with Gasteiger partial charge in [0.15, 0.2) is 0 Å².